The molecule has 1 aliphatic rings. The van der Waals surface area contributed by atoms with Crippen LogP contribution in [-0.4, -0.2) is 42.9 Å². The van der Waals surface area contributed by atoms with Crippen LogP contribution in [0.2, 0.25) is 0 Å². The molecule has 0 aromatic heterocycles. The van der Waals surface area contributed by atoms with Crippen LogP contribution in [0.15, 0.2) is 51.8 Å². The van der Waals surface area contributed by atoms with Crippen molar-refractivity contribution in [3.63, 3.8) is 0 Å². The summed E-state index contributed by atoms with van der Waals surface area (Å²) >= 11 is 4.40. The van der Waals surface area contributed by atoms with E-state index in [1.54, 1.807) is 25.3 Å². The number of imide groups is 1. The third-order valence-electron chi connectivity index (χ3n) is 4.07. The molecule has 2 aromatic carbocycles. The van der Waals surface area contributed by atoms with Crippen LogP contribution in [-0.2, 0) is 4.79 Å². The molecule has 29 heavy (non-hydrogen) atoms. The smallest absolute Gasteiger partial charge is 0.293 e. The van der Waals surface area contributed by atoms with Gasteiger partial charge in [0.2, 0.25) is 0 Å². The first-order valence-electron chi connectivity index (χ1n) is 8.97. The Balaban J connectivity index is 1.72. The number of thioether (sulfide) groups is 1. The topological polar surface area (TPSA) is 65.1 Å². The largest absolute Gasteiger partial charge is 0.493 e. The summed E-state index contributed by atoms with van der Waals surface area (Å²) in [5, 5.41) is -0.313. The summed E-state index contributed by atoms with van der Waals surface area (Å²) in [5.74, 6) is 1.51. The van der Waals surface area contributed by atoms with E-state index in [0.717, 1.165) is 21.8 Å². The van der Waals surface area contributed by atoms with Gasteiger partial charge in [-0.1, -0.05) is 34.1 Å². The lowest BCUT2D eigenvalue weighted by molar-refractivity contribution is -0.123. The molecule has 8 heteroatoms. The molecule has 152 valence electrons. The molecule has 0 bridgehead atoms. The van der Waals surface area contributed by atoms with Crippen LogP contribution < -0.4 is 14.2 Å². The number of nitrogens with zero attached hydrogens (tertiary/aromatic N) is 1. The second kappa shape index (κ2) is 9.84. The highest BCUT2D eigenvalue weighted by atomic mass is 79.9. The average molecular weight is 478 g/mol. The van der Waals surface area contributed by atoms with E-state index in [1.165, 1.54) is 4.90 Å². The third kappa shape index (κ3) is 5.13. The van der Waals surface area contributed by atoms with Gasteiger partial charge in [-0.3, -0.25) is 14.5 Å². The Morgan fingerprint density at radius 3 is 2.55 bits per heavy atom. The van der Waals surface area contributed by atoms with Crippen LogP contribution in [0.3, 0.4) is 0 Å². The van der Waals surface area contributed by atoms with Crippen LogP contribution in [0.25, 0.3) is 6.08 Å². The molecule has 1 aliphatic heterocycles. The maximum atomic E-state index is 12.7. The molecule has 6 nitrogen and oxygen atoms in total. The van der Waals surface area contributed by atoms with Gasteiger partial charge in [0.1, 0.15) is 12.4 Å². The molecule has 0 atom stereocenters. The second-order valence-electron chi connectivity index (χ2n) is 5.95. The Kier molecular flexibility index (Phi) is 7.22. The molecule has 2 aromatic rings. The van der Waals surface area contributed by atoms with E-state index < -0.39 is 0 Å². The zero-order valence-electron chi connectivity index (χ0n) is 16.0. The minimum Gasteiger partial charge on any atom is -0.493 e. The standard InChI is InChI=1S/C21H20BrNO5S/c1-3-27-18-13-16(22)14(11-17(18)26-2)12-19-20(24)23(21(25)29-19)9-10-28-15-7-5-4-6-8-15/h4-8,11-13H,3,9-10H2,1-2H3/b19-12-. The number of amides is 2. The zero-order chi connectivity index (χ0) is 20.8. The minimum atomic E-state index is -0.337. The fourth-order valence-corrected chi connectivity index (χ4v) is 3.99. The quantitative estimate of drug-likeness (QED) is 0.500. The van der Waals surface area contributed by atoms with Gasteiger partial charge in [-0.25, -0.2) is 0 Å². The van der Waals surface area contributed by atoms with Crippen molar-refractivity contribution < 1.29 is 23.8 Å². The van der Waals surface area contributed by atoms with Crippen LogP contribution >= 0.6 is 27.7 Å². The number of carbonyl (C=O) groups is 2. The van der Waals surface area contributed by atoms with E-state index in [1.807, 2.05) is 37.3 Å². The first-order valence-corrected chi connectivity index (χ1v) is 10.6. The number of methoxy groups -OCH3 is 1. The lowest BCUT2D eigenvalue weighted by Crippen LogP contribution is -2.32. The molecular weight excluding hydrogens is 458 g/mol. The van der Waals surface area contributed by atoms with Gasteiger partial charge in [-0.15, -0.1) is 0 Å². The molecule has 1 fully saturated rings. The van der Waals surface area contributed by atoms with Crippen molar-refractivity contribution in [2.24, 2.45) is 0 Å². The fourth-order valence-electron chi connectivity index (χ4n) is 2.69. The number of benzene rings is 2. The number of carbonyl (C=O) groups excluding carboxylic acids is 2. The Labute approximate surface area is 181 Å². The van der Waals surface area contributed by atoms with Crippen molar-refractivity contribution in [2.45, 2.75) is 6.92 Å². The average Bonchev–Trinajstić information content (AvgIpc) is 2.98. The van der Waals surface area contributed by atoms with E-state index >= 15 is 0 Å². The van der Waals surface area contributed by atoms with Crippen molar-refractivity contribution in [3.8, 4) is 17.2 Å². The van der Waals surface area contributed by atoms with Gasteiger partial charge in [0.05, 0.1) is 25.2 Å². The number of rotatable bonds is 8. The molecule has 0 unspecified atom stereocenters. The van der Waals surface area contributed by atoms with Gasteiger partial charge >= 0.3 is 0 Å². The number of para-hydroxylation sites is 1. The maximum Gasteiger partial charge on any atom is 0.293 e. The molecule has 1 saturated heterocycles. The summed E-state index contributed by atoms with van der Waals surface area (Å²) in [5.41, 5.74) is 0.719. The SMILES string of the molecule is CCOc1cc(Br)c(/C=C2\SC(=O)N(CCOc3ccccc3)C2=O)cc1OC. The summed E-state index contributed by atoms with van der Waals surface area (Å²) in [6, 6.07) is 12.8. The highest BCUT2D eigenvalue weighted by Crippen LogP contribution is 2.38. The summed E-state index contributed by atoms with van der Waals surface area (Å²) < 4.78 is 17.2. The lowest BCUT2D eigenvalue weighted by Gasteiger charge is -2.13. The van der Waals surface area contributed by atoms with Crippen molar-refractivity contribution in [1.82, 2.24) is 4.90 Å². The Hall–Kier alpha value is -2.45. The van der Waals surface area contributed by atoms with Crippen LogP contribution in [0.4, 0.5) is 4.79 Å². The number of hydrogen-bond acceptors (Lipinski definition) is 6. The molecule has 2 amide bonds. The predicted molar refractivity (Wildman–Crippen MR) is 116 cm³/mol. The maximum absolute atomic E-state index is 12.7. The van der Waals surface area contributed by atoms with Gasteiger partial charge in [-0.2, -0.15) is 0 Å². The van der Waals surface area contributed by atoms with E-state index in [-0.39, 0.29) is 24.3 Å². The van der Waals surface area contributed by atoms with Gasteiger partial charge in [0, 0.05) is 4.47 Å². The first-order chi connectivity index (χ1) is 14.0. The number of halogens is 1. The normalized spacial score (nSPS) is 15.1. The predicted octanol–water partition coefficient (Wildman–Crippen LogP) is 4.97. The minimum absolute atomic E-state index is 0.185. The highest BCUT2D eigenvalue weighted by Gasteiger charge is 2.35. The lowest BCUT2D eigenvalue weighted by atomic mass is 10.2. The Morgan fingerprint density at radius 1 is 1.10 bits per heavy atom. The van der Waals surface area contributed by atoms with Gasteiger partial charge in [0.15, 0.2) is 11.5 Å². The van der Waals surface area contributed by atoms with E-state index in [0.29, 0.717) is 28.8 Å². The summed E-state index contributed by atoms with van der Waals surface area (Å²) in [6.07, 6.45) is 1.67. The molecule has 0 aliphatic carbocycles. The van der Waals surface area contributed by atoms with Gasteiger partial charge in [0.25, 0.3) is 11.1 Å². The number of ether oxygens (including phenoxy) is 3. The molecule has 0 saturated carbocycles. The van der Waals surface area contributed by atoms with Crippen molar-refractivity contribution in [1.29, 1.82) is 0 Å². The van der Waals surface area contributed by atoms with Gasteiger partial charge in [-0.05, 0) is 54.6 Å². The first kappa shape index (κ1) is 21.3. The molecule has 0 N–H and O–H groups in total. The summed E-state index contributed by atoms with van der Waals surface area (Å²) in [4.78, 5) is 26.5. The van der Waals surface area contributed by atoms with E-state index in [4.69, 9.17) is 14.2 Å². The van der Waals surface area contributed by atoms with Crippen LogP contribution in [0, 0.1) is 0 Å². The van der Waals surface area contributed by atoms with Gasteiger partial charge < -0.3 is 14.2 Å². The molecule has 1 heterocycles. The zero-order valence-corrected chi connectivity index (χ0v) is 18.4. The summed E-state index contributed by atoms with van der Waals surface area (Å²) in [7, 11) is 1.55. The fraction of sp³-hybridized carbons (Fsp3) is 0.238. The highest BCUT2D eigenvalue weighted by molar-refractivity contribution is 9.10. The van der Waals surface area contributed by atoms with Crippen molar-refractivity contribution >= 4 is 44.9 Å². The molecule has 0 radical (unpaired) electrons. The number of hydrogen-bond donors (Lipinski definition) is 0. The van der Waals surface area contributed by atoms with Crippen molar-refractivity contribution in [2.75, 3.05) is 26.9 Å². The summed E-state index contributed by atoms with van der Waals surface area (Å²) in [6.45, 7) is 2.81. The van der Waals surface area contributed by atoms with Crippen molar-refractivity contribution in [3.05, 3.63) is 57.4 Å². The monoisotopic (exact) mass is 477 g/mol. The Morgan fingerprint density at radius 2 is 1.86 bits per heavy atom. The van der Waals surface area contributed by atoms with E-state index in [9.17, 15) is 9.59 Å². The van der Waals surface area contributed by atoms with Crippen LogP contribution in [0.5, 0.6) is 17.2 Å². The second-order valence-corrected chi connectivity index (χ2v) is 7.80. The molecular formula is C21H20BrNO5S. The Bertz CT molecular complexity index is 932. The third-order valence-corrected chi connectivity index (χ3v) is 5.66. The van der Waals surface area contributed by atoms with Crippen LogP contribution in [0.1, 0.15) is 12.5 Å². The molecule has 3 rings (SSSR count). The van der Waals surface area contributed by atoms with E-state index in [2.05, 4.69) is 15.9 Å². The molecule has 0 spiro atoms.